The van der Waals surface area contributed by atoms with Gasteiger partial charge in [-0.25, -0.2) is 0 Å². The monoisotopic (exact) mass is 222 g/mol. The molecule has 0 amide bonds. The van der Waals surface area contributed by atoms with Gasteiger partial charge in [0.15, 0.2) is 6.29 Å². The fourth-order valence-corrected chi connectivity index (χ4v) is 2.20. The molecule has 0 spiro atoms. The molecule has 0 aromatic rings. The molecule has 0 aromatic carbocycles. The zero-order chi connectivity index (χ0) is 10.8. The van der Waals surface area contributed by atoms with Gasteiger partial charge in [-0.15, -0.1) is 0 Å². The SMILES string of the molecule is CCCCS(=O)CCCOC(C)OC. The summed E-state index contributed by atoms with van der Waals surface area (Å²) in [5.41, 5.74) is 0. The van der Waals surface area contributed by atoms with E-state index in [0.717, 1.165) is 30.8 Å². The van der Waals surface area contributed by atoms with Crippen molar-refractivity contribution in [3.63, 3.8) is 0 Å². The average molecular weight is 222 g/mol. The Bertz CT molecular complexity index is 150. The second-order valence-electron chi connectivity index (χ2n) is 3.23. The van der Waals surface area contributed by atoms with Crippen molar-refractivity contribution in [2.45, 2.75) is 39.4 Å². The molecule has 0 radical (unpaired) electrons. The van der Waals surface area contributed by atoms with Crippen LogP contribution < -0.4 is 0 Å². The lowest BCUT2D eigenvalue weighted by Gasteiger charge is -2.10. The van der Waals surface area contributed by atoms with E-state index in [-0.39, 0.29) is 6.29 Å². The van der Waals surface area contributed by atoms with Crippen LogP contribution in [0, 0.1) is 0 Å². The lowest BCUT2D eigenvalue weighted by molar-refractivity contribution is -0.110. The highest BCUT2D eigenvalue weighted by molar-refractivity contribution is 7.84. The third kappa shape index (κ3) is 8.66. The highest BCUT2D eigenvalue weighted by Gasteiger charge is 2.01. The van der Waals surface area contributed by atoms with Crippen LogP contribution in [0.4, 0.5) is 0 Å². The predicted molar refractivity (Wildman–Crippen MR) is 59.8 cm³/mol. The minimum atomic E-state index is -0.657. The van der Waals surface area contributed by atoms with Gasteiger partial charge in [0.1, 0.15) is 0 Å². The standard InChI is InChI=1S/C10H22O3S/c1-4-5-8-14(11)9-6-7-13-10(2)12-3/h10H,4-9H2,1-3H3. The number of methoxy groups -OCH3 is 1. The van der Waals surface area contributed by atoms with Crippen molar-refractivity contribution in [1.29, 1.82) is 0 Å². The predicted octanol–water partition coefficient (Wildman–Crippen LogP) is 1.93. The van der Waals surface area contributed by atoms with Crippen LogP contribution in [0.1, 0.15) is 33.1 Å². The Balaban J connectivity index is 3.22. The zero-order valence-corrected chi connectivity index (χ0v) is 10.3. The highest BCUT2D eigenvalue weighted by atomic mass is 32.2. The molecular formula is C10H22O3S. The van der Waals surface area contributed by atoms with Crippen molar-refractivity contribution in [1.82, 2.24) is 0 Å². The Morgan fingerprint density at radius 3 is 2.50 bits per heavy atom. The molecule has 0 aromatic heterocycles. The maximum atomic E-state index is 11.3. The smallest absolute Gasteiger partial charge is 0.154 e. The number of hydrogen-bond donors (Lipinski definition) is 0. The minimum absolute atomic E-state index is 0.154. The highest BCUT2D eigenvalue weighted by Crippen LogP contribution is 1.97. The molecule has 0 saturated heterocycles. The van der Waals surface area contributed by atoms with E-state index in [9.17, 15) is 4.21 Å². The third-order valence-electron chi connectivity index (χ3n) is 1.93. The maximum absolute atomic E-state index is 11.3. The van der Waals surface area contributed by atoms with E-state index in [4.69, 9.17) is 9.47 Å². The Hall–Kier alpha value is 0.0700. The molecule has 4 heteroatoms. The van der Waals surface area contributed by atoms with Gasteiger partial charge in [-0.3, -0.25) is 4.21 Å². The summed E-state index contributed by atoms with van der Waals surface area (Å²) in [5.74, 6) is 1.58. The van der Waals surface area contributed by atoms with Gasteiger partial charge in [0, 0.05) is 29.4 Å². The molecule has 0 saturated carbocycles. The topological polar surface area (TPSA) is 35.5 Å². The summed E-state index contributed by atoms with van der Waals surface area (Å²) < 4.78 is 21.6. The van der Waals surface area contributed by atoms with Gasteiger partial charge in [-0.05, 0) is 19.8 Å². The van der Waals surface area contributed by atoms with Gasteiger partial charge in [-0.1, -0.05) is 13.3 Å². The van der Waals surface area contributed by atoms with E-state index in [1.807, 2.05) is 6.92 Å². The summed E-state index contributed by atoms with van der Waals surface area (Å²) in [4.78, 5) is 0. The molecule has 0 aliphatic heterocycles. The van der Waals surface area contributed by atoms with E-state index in [1.165, 1.54) is 0 Å². The van der Waals surface area contributed by atoms with Crippen molar-refractivity contribution >= 4 is 10.8 Å². The second kappa shape index (κ2) is 9.62. The minimum Gasteiger partial charge on any atom is -0.356 e. The van der Waals surface area contributed by atoms with Gasteiger partial charge >= 0.3 is 0 Å². The molecule has 2 atom stereocenters. The fourth-order valence-electron chi connectivity index (χ4n) is 0.945. The summed E-state index contributed by atoms with van der Waals surface area (Å²) in [5, 5.41) is 0. The number of unbranched alkanes of at least 4 members (excludes halogenated alkanes) is 1. The van der Waals surface area contributed by atoms with Crippen molar-refractivity contribution in [2.75, 3.05) is 25.2 Å². The van der Waals surface area contributed by atoms with E-state index >= 15 is 0 Å². The molecule has 2 unspecified atom stereocenters. The van der Waals surface area contributed by atoms with Crippen LogP contribution in [0.25, 0.3) is 0 Å². The molecule has 0 N–H and O–H groups in total. The van der Waals surface area contributed by atoms with Crippen molar-refractivity contribution in [2.24, 2.45) is 0 Å². The summed E-state index contributed by atoms with van der Waals surface area (Å²) in [6, 6.07) is 0. The molecular weight excluding hydrogens is 200 g/mol. The van der Waals surface area contributed by atoms with Gasteiger partial charge in [0.2, 0.25) is 0 Å². The van der Waals surface area contributed by atoms with Crippen molar-refractivity contribution < 1.29 is 13.7 Å². The number of rotatable bonds is 9. The maximum Gasteiger partial charge on any atom is 0.154 e. The summed E-state index contributed by atoms with van der Waals surface area (Å²) in [7, 11) is 0.958. The third-order valence-corrected chi connectivity index (χ3v) is 3.41. The van der Waals surface area contributed by atoms with E-state index in [2.05, 4.69) is 6.92 Å². The number of hydrogen-bond acceptors (Lipinski definition) is 3. The molecule has 0 aliphatic carbocycles. The van der Waals surface area contributed by atoms with Crippen LogP contribution in [0.2, 0.25) is 0 Å². The lowest BCUT2D eigenvalue weighted by Crippen LogP contribution is -2.13. The molecule has 0 aliphatic rings. The van der Waals surface area contributed by atoms with Crippen LogP contribution in [-0.2, 0) is 20.3 Å². The van der Waals surface area contributed by atoms with Crippen LogP contribution in [-0.4, -0.2) is 35.7 Å². The first-order valence-electron chi connectivity index (χ1n) is 5.20. The number of ether oxygens (including phenoxy) is 2. The van der Waals surface area contributed by atoms with Crippen molar-refractivity contribution in [3.8, 4) is 0 Å². The Kier molecular flexibility index (Phi) is 9.67. The summed E-state index contributed by atoms with van der Waals surface area (Å²) in [6.07, 6.45) is 2.87. The van der Waals surface area contributed by atoms with Crippen LogP contribution in [0.15, 0.2) is 0 Å². The van der Waals surface area contributed by atoms with E-state index in [1.54, 1.807) is 7.11 Å². The molecule has 86 valence electrons. The molecule has 14 heavy (non-hydrogen) atoms. The zero-order valence-electron chi connectivity index (χ0n) is 9.45. The first-order valence-corrected chi connectivity index (χ1v) is 6.68. The molecule has 3 nitrogen and oxygen atoms in total. The Morgan fingerprint density at radius 2 is 1.93 bits per heavy atom. The van der Waals surface area contributed by atoms with Gasteiger partial charge in [0.25, 0.3) is 0 Å². The summed E-state index contributed by atoms with van der Waals surface area (Å²) in [6.45, 7) is 4.60. The molecule has 0 fully saturated rings. The molecule has 0 heterocycles. The first kappa shape index (κ1) is 14.1. The second-order valence-corrected chi connectivity index (χ2v) is 4.93. The summed E-state index contributed by atoms with van der Waals surface area (Å²) >= 11 is 0. The Morgan fingerprint density at radius 1 is 1.29 bits per heavy atom. The average Bonchev–Trinajstić information content (AvgIpc) is 2.21. The fraction of sp³-hybridized carbons (Fsp3) is 1.00. The molecule has 0 bridgehead atoms. The lowest BCUT2D eigenvalue weighted by atomic mass is 10.4. The van der Waals surface area contributed by atoms with Crippen molar-refractivity contribution in [3.05, 3.63) is 0 Å². The van der Waals surface area contributed by atoms with Gasteiger partial charge in [0.05, 0.1) is 6.61 Å². The van der Waals surface area contributed by atoms with Crippen LogP contribution in [0.3, 0.4) is 0 Å². The Labute approximate surface area is 89.6 Å². The first-order chi connectivity index (χ1) is 6.70. The largest absolute Gasteiger partial charge is 0.356 e. The normalized spacial score (nSPS) is 15.4. The van der Waals surface area contributed by atoms with E-state index < -0.39 is 10.8 Å². The van der Waals surface area contributed by atoms with Gasteiger partial charge < -0.3 is 9.47 Å². The van der Waals surface area contributed by atoms with Crippen LogP contribution in [0.5, 0.6) is 0 Å². The quantitative estimate of drug-likeness (QED) is 0.442. The van der Waals surface area contributed by atoms with E-state index in [0.29, 0.717) is 6.61 Å². The van der Waals surface area contributed by atoms with Gasteiger partial charge in [-0.2, -0.15) is 0 Å². The molecule has 0 rings (SSSR count). The van der Waals surface area contributed by atoms with Crippen LogP contribution >= 0.6 is 0 Å².